The van der Waals surface area contributed by atoms with Gasteiger partial charge in [-0.05, 0) is 30.5 Å². The summed E-state index contributed by atoms with van der Waals surface area (Å²) in [5.41, 5.74) is 9.16. The van der Waals surface area contributed by atoms with E-state index in [9.17, 15) is 4.79 Å². The van der Waals surface area contributed by atoms with Gasteiger partial charge >= 0.3 is 0 Å². The predicted octanol–water partition coefficient (Wildman–Crippen LogP) is 6.09. The fourth-order valence-electron chi connectivity index (χ4n) is 3.92. The SMILES string of the molecule is CCCCCCC(CCC(N)=O)n1c(-c2ccccc2)cc2ccccc21. The highest BCUT2D eigenvalue weighted by Crippen LogP contribution is 2.35. The summed E-state index contributed by atoms with van der Waals surface area (Å²) in [4.78, 5) is 11.5. The maximum absolute atomic E-state index is 11.5. The highest BCUT2D eigenvalue weighted by molar-refractivity contribution is 5.87. The molecule has 1 atom stereocenters. The number of carbonyl (C=O) groups excluding carboxylic acids is 1. The van der Waals surface area contributed by atoms with Gasteiger partial charge in [-0.25, -0.2) is 0 Å². The first-order valence-electron chi connectivity index (χ1n) is 10.1. The molecule has 2 N–H and O–H groups in total. The number of nitrogens with zero attached hydrogens (tertiary/aromatic N) is 1. The lowest BCUT2D eigenvalue weighted by atomic mass is 10.0. The van der Waals surface area contributed by atoms with Gasteiger partial charge in [-0.3, -0.25) is 4.79 Å². The number of hydrogen-bond acceptors (Lipinski definition) is 1. The Labute approximate surface area is 162 Å². The Morgan fingerprint density at radius 1 is 0.963 bits per heavy atom. The van der Waals surface area contributed by atoms with Gasteiger partial charge in [-0.2, -0.15) is 0 Å². The summed E-state index contributed by atoms with van der Waals surface area (Å²) >= 11 is 0. The summed E-state index contributed by atoms with van der Waals surface area (Å²) in [5.74, 6) is -0.216. The number of primary amides is 1. The van der Waals surface area contributed by atoms with Gasteiger partial charge in [0, 0.05) is 29.1 Å². The van der Waals surface area contributed by atoms with E-state index >= 15 is 0 Å². The molecule has 2 aromatic carbocycles. The van der Waals surface area contributed by atoms with Crippen molar-refractivity contribution in [2.24, 2.45) is 5.73 Å². The molecule has 0 fully saturated rings. The van der Waals surface area contributed by atoms with E-state index in [1.807, 2.05) is 6.07 Å². The third-order valence-corrected chi connectivity index (χ3v) is 5.30. The van der Waals surface area contributed by atoms with Crippen molar-refractivity contribution in [3.05, 3.63) is 60.7 Å². The molecular weight excluding hydrogens is 332 g/mol. The molecule has 1 unspecified atom stereocenters. The van der Waals surface area contributed by atoms with Crippen molar-refractivity contribution in [1.82, 2.24) is 4.57 Å². The molecule has 0 bridgehead atoms. The lowest BCUT2D eigenvalue weighted by Gasteiger charge is -2.23. The molecule has 3 rings (SSSR count). The van der Waals surface area contributed by atoms with Gasteiger partial charge in [0.05, 0.1) is 0 Å². The summed E-state index contributed by atoms with van der Waals surface area (Å²) in [6.07, 6.45) is 7.21. The summed E-state index contributed by atoms with van der Waals surface area (Å²) in [6.45, 7) is 2.23. The van der Waals surface area contributed by atoms with Crippen LogP contribution in [0.1, 0.15) is 57.9 Å². The molecule has 0 saturated carbocycles. The lowest BCUT2D eigenvalue weighted by molar-refractivity contribution is -0.118. The molecule has 0 radical (unpaired) electrons. The fourth-order valence-corrected chi connectivity index (χ4v) is 3.92. The van der Waals surface area contributed by atoms with Gasteiger partial charge in [-0.1, -0.05) is 81.1 Å². The maximum Gasteiger partial charge on any atom is 0.217 e. The predicted molar refractivity (Wildman–Crippen MR) is 114 cm³/mol. The third-order valence-electron chi connectivity index (χ3n) is 5.30. The van der Waals surface area contributed by atoms with Gasteiger partial charge in [0.2, 0.25) is 5.91 Å². The Morgan fingerprint density at radius 3 is 2.44 bits per heavy atom. The second kappa shape index (κ2) is 9.40. The quantitative estimate of drug-likeness (QED) is 0.436. The van der Waals surface area contributed by atoms with Crippen LogP contribution < -0.4 is 5.73 Å². The Kier molecular flexibility index (Phi) is 6.69. The van der Waals surface area contributed by atoms with Crippen LogP contribution in [0.5, 0.6) is 0 Å². The van der Waals surface area contributed by atoms with E-state index in [0.717, 1.165) is 12.8 Å². The molecular formula is C24H30N2O. The molecule has 0 aliphatic carbocycles. The van der Waals surface area contributed by atoms with Crippen molar-refractivity contribution in [2.75, 3.05) is 0 Å². The number of rotatable bonds is 10. The minimum Gasteiger partial charge on any atom is -0.370 e. The van der Waals surface area contributed by atoms with Crippen molar-refractivity contribution < 1.29 is 4.79 Å². The van der Waals surface area contributed by atoms with Gasteiger partial charge in [-0.15, -0.1) is 0 Å². The normalized spacial score (nSPS) is 12.3. The summed E-state index contributed by atoms with van der Waals surface area (Å²) in [7, 11) is 0. The average Bonchev–Trinajstić information content (AvgIpc) is 3.07. The minimum absolute atomic E-state index is 0.216. The number of para-hydroxylation sites is 1. The smallest absolute Gasteiger partial charge is 0.217 e. The minimum atomic E-state index is -0.216. The molecule has 0 saturated heterocycles. The van der Waals surface area contributed by atoms with Crippen LogP contribution >= 0.6 is 0 Å². The van der Waals surface area contributed by atoms with E-state index in [0.29, 0.717) is 6.42 Å². The standard InChI is InChI=1S/C24H30N2O/c1-2-3-4-8-14-21(16-17-24(25)27)26-22-15-10-9-13-20(22)18-23(26)19-11-6-5-7-12-19/h5-7,9-13,15,18,21H,2-4,8,14,16-17H2,1H3,(H2,25,27). The number of carbonyl (C=O) groups is 1. The number of hydrogen-bond donors (Lipinski definition) is 1. The van der Waals surface area contributed by atoms with Crippen molar-refractivity contribution >= 4 is 16.8 Å². The zero-order valence-electron chi connectivity index (χ0n) is 16.2. The number of unbranched alkanes of at least 4 members (excludes halogenated alkanes) is 3. The molecule has 0 aliphatic rings. The molecule has 3 heteroatoms. The van der Waals surface area contributed by atoms with Gasteiger partial charge < -0.3 is 10.3 Å². The van der Waals surface area contributed by atoms with Crippen LogP contribution in [-0.2, 0) is 4.79 Å². The first-order valence-corrected chi connectivity index (χ1v) is 10.1. The Hall–Kier alpha value is -2.55. The fraction of sp³-hybridized carbons (Fsp3) is 0.375. The lowest BCUT2D eigenvalue weighted by Crippen LogP contribution is -2.16. The molecule has 1 heterocycles. The molecule has 0 spiro atoms. The second-order valence-electron chi connectivity index (χ2n) is 7.33. The maximum atomic E-state index is 11.5. The van der Waals surface area contributed by atoms with Crippen LogP contribution in [0.15, 0.2) is 60.7 Å². The van der Waals surface area contributed by atoms with Crippen molar-refractivity contribution in [3.8, 4) is 11.3 Å². The first kappa shape index (κ1) is 19.2. The van der Waals surface area contributed by atoms with Crippen LogP contribution in [0, 0.1) is 0 Å². The van der Waals surface area contributed by atoms with Gasteiger partial charge in [0.25, 0.3) is 0 Å². The number of aromatic nitrogens is 1. The first-order chi connectivity index (χ1) is 13.2. The van der Waals surface area contributed by atoms with E-state index in [4.69, 9.17) is 5.73 Å². The van der Waals surface area contributed by atoms with Crippen LogP contribution in [-0.4, -0.2) is 10.5 Å². The van der Waals surface area contributed by atoms with Crippen molar-refractivity contribution in [3.63, 3.8) is 0 Å². The Balaban J connectivity index is 2.01. The zero-order chi connectivity index (χ0) is 19.1. The zero-order valence-corrected chi connectivity index (χ0v) is 16.2. The van der Waals surface area contributed by atoms with Crippen molar-refractivity contribution in [1.29, 1.82) is 0 Å². The molecule has 3 nitrogen and oxygen atoms in total. The van der Waals surface area contributed by atoms with Gasteiger partial charge in [0.15, 0.2) is 0 Å². The molecule has 142 valence electrons. The highest BCUT2D eigenvalue weighted by Gasteiger charge is 2.19. The number of nitrogens with two attached hydrogens (primary N) is 1. The van der Waals surface area contributed by atoms with E-state index < -0.39 is 0 Å². The Morgan fingerprint density at radius 2 is 1.70 bits per heavy atom. The van der Waals surface area contributed by atoms with Crippen LogP contribution in [0.4, 0.5) is 0 Å². The number of amides is 1. The second-order valence-corrected chi connectivity index (χ2v) is 7.33. The van der Waals surface area contributed by atoms with E-state index in [1.165, 1.54) is 47.8 Å². The summed E-state index contributed by atoms with van der Waals surface area (Å²) < 4.78 is 2.44. The third kappa shape index (κ3) is 4.79. The van der Waals surface area contributed by atoms with Crippen LogP contribution in [0.3, 0.4) is 0 Å². The molecule has 0 aliphatic heterocycles. The van der Waals surface area contributed by atoms with Crippen LogP contribution in [0.25, 0.3) is 22.2 Å². The Bertz CT molecular complexity index is 866. The molecule has 3 aromatic rings. The average molecular weight is 363 g/mol. The molecule has 27 heavy (non-hydrogen) atoms. The topological polar surface area (TPSA) is 48.0 Å². The highest BCUT2D eigenvalue weighted by atomic mass is 16.1. The number of fused-ring (bicyclic) bond motifs is 1. The summed E-state index contributed by atoms with van der Waals surface area (Å²) in [5, 5.41) is 1.24. The van der Waals surface area contributed by atoms with Crippen LogP contribution in [0.2, 0.25) is 0 Å². The van der Waals surface area contributed by atoms with E-state index in [-0.39, 0.29) is 11.9 Å². The number of benzene rings is 2. The molecule has 1 amide bonds. The van der Waals surface area contributed by atoms with E-state index in [2.05, 4.69) is 66.1 Å². The van der Waals surface area contributed by atoms with Crippen molar-refractivity contribution in [2.45, 2.75) is 57.9 Å². The summed E-state index contributed by atoms with van der Waals surface area (Å²) in [6, 6.07) is 21.6. The monoisotopic (exact) mass is 362 g/mol. The largest absolute Gasteiger partial charge is 0.370 e. The van der Waals surface area contributed by atoms with E-state index in [1.54, 1.807) is 0 Å². The van der Waals surface area contributed by atoms with Gasteiger partial charge in [0.1, 0.15) is 0 Å². The molecule has 1 aromatic heterocycles.